The maximum absolute atomic E-state index is 12.8. The van der Waals surface area contributed by atoms with Gasteiger partial charge in [-0.15, -0.1) is 0 Å². The summed E-state index contributed by atoms with van der Waals surface area (Å²) in [5, 5.41) is 9.00. The van der Waals surface area contributed by atoms with E-state index in [1.54, 1.807) is 5.01 Å². The van der Waals surface area contributed by atoms with Crippen LogP contribution >= 0.6 is 0 Å². The van der Waals surface area contributed by atoms with E-state index < -0.39 is 24.5 Å². The lowest BCUT2D eigenvalue weighted by atomic mass is 10.0. The number of esters is 1. The van der Waals surface area contributed by atoms with Crippen LogP contribution in [0, 0.1) is 0 Å². The normalized spacial score (nSPS) is 15.7. The van der Waals surface area contributed by atoms with E-state index in [9.17, 15) is 14.4 Å². The third-order valence-corrected chi connectivity index (χ3v) is 5.79. The number of para-hydroxylation sites is 1. The van der Waals surface area contributed by atoms with Crippen LogP contribution in [0.3, 0.4) is 0 Å². The summed E-state index contributed by atoms with van der Waals surface area (Å²) in [5.74, 6) is -1.35. The molecule has 3 aromatic rings. The molecule has 7 heteroatoms. The number of ketones is 1. The van der Waals surface area contributed by atoms with Crippen molar-refractivity contribution in [1.29, 1.82) is 0 Å². The summed E-state index contributed by atoms with van der Waals surface area (Å²) in [6.45, 7) is 0.937. The van der Waals surface area contributed by atoms with Gasteiger partial charge in [0.15, 0.2) is 12.4 Å². The molecule has 1 N–H and O–H groups in total. The molecule has 3 aromatic carbocycles. The van der Waals surface area contributed by atoms with Crippen LogP contribution in [-0.2, 0) is 25.5 Å². The van der Waals surface area contributed by atoms with Crippen LogP contribution in [0.15, 0.2) is 96.1 Å². The minimum atomic E-state index is -0.691. The Balaban J connectivity index is 1.39. The van der Waals surface area contributed by atoms with Crippen LogP contribution in [0.2, 0.25) is 0 Å². The van der Waals surface area contributed by atoms with Gasteiger partial charge in [0.2, 0.25) is 0 Å². The molecule has 7 nitrogen and oxygen atoms in total. The number of Topliss-reactive ketones (excluding diaryl/α,β-unsaturated/α-hetero) is 1. The number of anilines is 1. The highest BCUT2D eigenvalue weighted by atomic mass is 16.5. The van der Waals surface area contributed by atoms with E-state index >= 15 is 0 Å². The van der Waals surface area contributed by atoms with Gasteiger partial charge in [0, 0.05) is 6.42 Å². The maximum Gasteiger partial charge on any atom is 0.355 e. The monoisotopic (exact) mass is 469 g/mol. The van der Waals surface area contributed by atoms with Crippen LogP contribution in [0.4, 0.5) is 5.69 Å². The SMILES string of the molecule is CC(=O)[C@@H](Cc1ccccc1)NC(=O)COC(=O)C1=NN(c2ccccc2)[C@@H](c2ccccc2)C1. The van der Waals surface area contributed by atoms with Crippen LogP contribution in [0.5, 0.6) is 0 Å². The number of amides is 1. The minimum absolute atomic E-state index is 0.164. The van der Waals surface area contributed by atoms with Crippen molar-refractivity contribution in [3.63, 3.8) is 0 Å². The fourth-order valence-electron chi connectivity index (χ4n) is 3.98. The van der Waals surface area contributed by atoms with Crippen LogP contribution in [0.25, 0.3) is 0 Å². The highest BCUT2D eigenvalue weighted by Crippen LogP contribution is 2.35. The van der Waals surface area contributed by atoms with Gasteiger partial charge in [-0.1, -0.05) is 78.9 Å². The Kier molecular flexibility index (Phi) is 7.67. The molecule has 1 heterocycles. The standard InChI is InChI=1S/C28H27N3O4/c1-20(32)24(17-21-11-5-2-6-12-21)29-27(33)19-35-28(34)25-18-26(22-13-7-3-8-14-22)31(30-25)23-15-9-4-10-16-23/h2-16,24,26H,17-19H2,1H3,(H,29,33)/t24-,26-/m1/s1. The first-order valence-corrected chi connectivity index (χ1v) is 11.5. The smallest absolute Gasteiger partial charge is 0.355 e. The molecular weight excluding hydrogens is 442 g/mol. The van der Waals surface area contributed by atoms with Gasteiger partial charge < -0.3 is 10.1 Å². The zero-order chi connectivity index (χ0) is 24.6. The number of nitrogens with one attached hydrogen (secondary N) is 1. The van der Waals surface area contributed by atoms with E-state index in [-0.39, 0.29) is 17.5 Å². The summed E-state index contributed by atoms with van der Waals surface area (Å²) >= 11 is 0. The highest BCUT2D eigenvalue weighted by Gasteiger charge is 2.33. The molecule has 1 aliphatic heterocycles. The van der Waals surface area contributed by atoms with Crippen molar-refractivity contribution in [2.75, 3.05) is 11.6 Å². The fourth-order valence-corrected chi connectivity index (χ4v) is 3.98. The second-order valence-electron chi connectivity index (χ2n) is 8.35. The van der Waals surface area contributed by atoms with Crippen molar-refractivity contribution >= 4 is 29.1 Å². The first-order valence-electron chi connectivity index (χ1n) is 11.5. The second kappa shape index (κ2) is 11.2. The van der Waals surface area contributed by atoms with Gasteiger partial charge in [0.05, 0.1) is 17.8 Å². The molecule has 0 unspecified atom stereocenters. The van der Waals surface area contributed by atoms with E-state index in [0.29, 0.717) is 12.8 Å². The van der Waals surface area contributed by atoms with Gasteiger partial charge >= 0.3 is 5.97 Å². The fraction of sp³-hybridized carbons (Fsp3) is 0.214. The zero-order valence-corrected chi connectivity index (χ0v) is 19.5. The Hall–Kier alpha value is -4.26. The predicted octanol–water partition coefficient (Wildman–Crippen LogP) is 3.85. The number of rotatable bonds is 9. The molecule has 0 saturated carbocycles. The van der Waals surface area contributed by atoms with Gasteiger partial charge in [-0.2, -0.15) is 5.10 Å². The topological polar surface area (TPSA) is 88.1 Å². The molecule has 178 valence electrons. The number of hydrogen-bond donors (Lipinski definition) is 1. The van der Waals surface area contributed by atoms with E-state index in [0.717, 1.165) is 16.8 Å². The zero-order valence-electron chi connectivity index (χ0n) is 19.5. The molecule has 4 rings (SSSR count). The summed E-state index contributed by atoms with van der Waals surface area (Å²) < 4.78 is 5.27. The molecule has 0 bridgehead atoms. The Morgan fingerprint density at radius 3 is 2.17 bits per heavy atom. The third-order valence-electron chi connectivity index (χ3n) is 5.79. The Morgan fingerprint density at radius 2 is 1.54 bits per heavy atom. The van der Waals surface area contributed by atoms with Gasteiger partial charge in [-0.3, -0.25) is 14.6 Å². The number of carbonyl (C=O) groups excluding carboxylic acids is 3. The maximum atomic E-state index is 12.8. The van der Waals surface area contributed by atoms with Crippen molar-refractivity contribution in [3.05, 3.63) is 102 Å². The lowest BCUT2D eigenvalue weighted by Crippen LogP contribution is -2.43. The number of carbonyl (C=O) groups is 3. The third kappa shape index (κ3) is 6.20. The summed E-state index contributed by atoms with van der Waals surface area (Å²) in [7, 11) is 0. The molecule has 0 aromatic heterocycles. The number of hydrogen-bond acceptors (Lipinski definition) is 6. The van der Waals surface area contributed by atoms with Gasteiger partial charge in [-0.05, 0) is 36.6 Å². The first-order chi connectivity index (χ1) is 17.0. The average Bonchev–Trinajstić information content (AvgIpc) is 3.34. The van der Waals surface area contributed by atoms with Gasteiger partial charge in [-0.25, -0.2) is 4.79 Å². The minimum Gasteiger partial charge on any atom is -0.451 e. The molecule has 35 heavy (non-hydrogen) atoms. The number of benzene rings is 3. The van der Waals surface area contributed by atoms with Crippen molar-refractivity contribution in [1.82, 2.24) is 5.32 Å². The Labute approximate surface area is 204 Å². The van der Waals surface area contributed by atoms with Crippen LogP contribution in [0.1, 0.15) is 30.5 Å². The van der Waals surface area contributed by atoms with Crippen molar-refractivity contribution < 1.29 is 19.1 Å². The van der Waals surface area contributed by atoms with Crippen molar-refractivity contribution in [2.45, 2.75) is 31.8 Å². The summed E-state index contributed by atoms with van der Waals surface area (Å²) in [5.41, 5.74) is 3.04. The average molecular weight is 470 g/mol. The lowest BCUT2D eigenvalue weighted by molar-refractivity contribution is -0.142. The van der Waals surface area contributed by atoms with Crippen molar-refractivity contribution in [2.24, 2.45) is 5.10 Å². The lowest BCUT2D eigenvalue weighted by Gasteiger charge is -2.23. The highest BCUT2D eigenvalue weighted by molar-refractivity contribution is 6.37. The summed E-state index contributed by atoms with van der Waals surface area (Å²) in [4.78, 5) is 37.3. The van der Waals surface area contributed by atoms with Crippen LogP contribution < -0.4 is 10.3 Å². The number of hydrazone groups is 1. The Bertz CT molecular complexity index is 1200. The molecular formula is C28H27N3O4. The molecule has 1 aliphatic rings. The van der Waals surface area contributed by atoms with Crippen molar-refractivity contribution in [3.8, 4) is 0 Å². The van der Waals surface area contributed by atoms with E-state index in [2.05, 4.69) is 10.4 Å². The van der Waals surface area contributed by atoms with E-state index in [4.69, 9.17) is 4.74 Å². The van der Waals surface area contributed by atoms with Gasteiger partial charge in [0.25, 0.3) is 5.91 Å². The molecule has 0 saturated heterocycles. The van der Waals surface area contributed by atoms with Gasteiger partial charge in [0.1, 0.15) is 5.71 Å². The molecule has 2 atom stereocenters. The van der Waals surface area contributed by atoms with E-state index in [1.165, 1.54) is 6.92 Å². The number of ether oxygens (including phenoxy) is 1. The molecule has 1 amide bonds. The summed E-state index contributed by atoms with van der Waals surface area (Å²) in [6, 6.07) is 28.0. The number of nitrogens with zero attached hydrogens (tertiary/aromatic N) is 2. The predicted molar refractivity (Wildman–Crippen MR) is 134 cm³/mol. The largest absolute Gasteiger partial charge is 0.451 e. The first kappa shape index (κ1) is 23.9. The quantitative estimate of drug-likeness (QED) is 0.481. The molecule has 0 fully saturated rings. The summed E-state index contributed by atoms with van der Waals surface area (Å²) in [6.07, 6.45) is 0.719. The van der Waals surface area contributed by atoms with Crippen LogP contribution in [-0.4, -0.2) is 36.0 Å². The van der Waals surface area contributed by atoms with E-state index in [1.807, 2.05) is 91.0 Å². The second-order valence-corrected chi connectivity index (χ2v) is 8.35. The Morgan fingerprint density at radius 1 is 0.943 bits per heavy atom. The molecule has 0 spiro atoms. The molecule has 0 radical (unpaired) electrons. The molecule has 0 aliphatic carbocycles.